The van der Waals surface area contributed by atoms with Crippen LogP contribution in [0.5, 0.6) is 0 Å². The highest BCUT2D eigenvalue weighted by Crippen LogP contribution is 2.26. The summed E-state index contributed by atoms with van der Waals surface area (Å²) in [5.41, 5.74) is 0. The van der Waals surface area contributed by atoms with Gasteiger partial charge in [-0.2, -0.15) is 0 Å². The second kappa shape index (κ2) is 5.43. The highest BCUT2D eigenvalue weighted by Gasteiger charge is 2.22. The first-order valence-corrected chi connectivity index (χ1v) is 6.90. The van der Waals surface area contributed by atoms with Crippen LogP contribution in [0.25, 0.3) is 0 Å². The molecule has 0 amide bonds. The lowest BCUT2D eigenvalue weighted by atomic mass is 10.1. The van der Waals surface area contributed by atoms with E-state index < -0.39 is 0 Å². The highest BCUT2D eigenvalue weighted by molar-refractivity contribution is 9.10. The number of thiophene rings is 1. The van der Waals surface area contributed by atoms with Gasteiger partial charge in [0.05, 0.1) is 6.61 Å². The van der Waals surface area contributed by atoms with Crippen LogP contribution >= 0.6 is 27.3 Å². The third-order valence-corrected chi connectivity index (χ3v) is 4.74. The van der Waals surface area contributed by atoms with Gasteiger partial charge in [0.25, 0.3) is 0 Å². The number of halogens is 1. The van der Waals surface area contributed by atoms with E-state index in [0.717, 1.165) is 19.1 Å². The van der Waals surface area contributed by atoms with Crippen LogP contribution in [-0.4, -0.2) is 31.7 Å². The fraction of sp³-hybridized carbons (Fsp3) is 0.636. The molecule has 0 aromatic carbocycles. The van der Waals surface area contributed by atoms with E-state index >= 15 is 0 Å². The average Bonchev–Trinajstić information content (AvgIpc) is 2.79. The minimum atomic E-state index is 0.730. The molecule has 1 atom stereocenters. The monoisotopic (exact) mass is 289 g/mol. The second-order valence-corrected chi connectivity index (χ2v) is 5.89. The molecule has 2 rings (SSSR count). The first-order valence-electron chi connectivity index (χ1n) is 5.22. The Morgan fingerprint density at radius 1 is 1.67 bits per heavy atom. The van der Waals surface area contributed by atoms with Gasteiger partial charge in [-0.3, -0.25) is 4.90 Å². The molecule has 1 aliphatic rings. The van der Waals surface area contributed by atoms with Gasteiger partial charge >= 0.3 is 0 Å². The first kappa shape index (κ1) is 11.6. The van der Waals surface area contributed by atoms with E-state index in [1.807, 2.05) is 11.3 Å². The van der Waals surface area contributed by atoms with Crippen LogP contribution in [0.3, 0.4) is 0 Å². The molecular weight excluding hydrogens is 274 g/mol. The molecular formula is C11H16BrNOS. The van der Waals surface area contributed by atoms with Crippen molar-refractivity contribution < 1.29 is 4.74 Å². The number of likely N-dealkylation sites (tertiary alicyclic amines) is 1. The lowest BCUT2D eigenvalue weighted by Crippen LogP contribution is -2.20. The summed E-state index contributed by atoms with van der Waals surface area (Å²) in [7, 11) is 1.79. The summed E-state index contributed by atoms with van der Waals surface area (Å²) >= 11 is 5.41. The number of nitrogens with zero attached hydrogens (tertiary/aromatic N) is 1. The van der Waals surface area contributed by atoms with Gasteiger partial charge in [0.1, 0.15) is 0 Å². The van der Waals surface area contributed by atoms with Crippen LogP contribution in [0.15, 0.2) is 15.9 Å². The minimum absolute atomic E-state index is 0.730. The molecule has 84 valence electrons. The molecule has 1 aliphatic heterocycles. The SMILES string of the molecule is COCC1CCN(Cc2sccc2Br)C1. The van der Waals surface area contributed by atoms with E-state index in [0.29, 0.717) is 0 Å². The van der Waals surface area contributed by atoms with Crippen molar-refractivity contribution >= 4 is 27.3 Å². The lowest BCUT2D eigenvalue weighted by molar-refractivity contribution is 0.152. The first-order chi connectivity index (χ1) is 7.29. The molecule has 0 saturated carbocycles. The van der Waals surface area contributed by atoms with Crippen molar-refractivity contribution in [3.05, 3.63) is 20.8 Å². The fourth-order valence-electron chi connectivity index (χ4n) is 2.07. The molecule has 1 saturated heterocycles. The maximum Gasteiger partial charge on any atom is 0.0503 e. The second-order valence-electron chi connectivity index (χ2n) is 4.04. The van der Waals surface area contributed by atoms with Crippen molar-refractivity contribution in [3.63, 3.8) is 0 Å². The maximum absolute atomic E-state index is 5.20. The normalized spacial score (nSPS) is 22.4. The van der Waals surface area contributed by atoms with Crippen molar-refractivity contribution in [1.29, 1.82) is 0 Å². The Hall–Kier alpha value is 0.100. The Balaban J connectivity index is 1.85. The van der Waals surface area contributed by atoms with Crippen molar-refractivity contribution in [2.75, 3.05) is 26.8 Å². The molecule has 0 aliphatic carbocycles. The smallest absolute Gasteiger partial charge is 0.0503 e. The molecule has 4 heteroatoms. The third kappa shape index (κ3) is 3.03. The third-order valence-electron chi connectivity index (χ3n) is 2.83. The largest absolute Gasteiger partial charge is 0.384 e. The zero-order chi connectivity index (χ0) is 10.7. The van der Waals surface area contributed by atoms with Gasteiger partial charge in [0, 0.05) is 29.5 Å². The summed E-state index contributed by atoms with van der Waals surface area (Å²) in [5.74, 6) is 0.730. The van der Waals surface area contributed by atoms with Gasteiger partial charge in [-0.1, -0.05) is 0 Å². The van der Waals surface area contributed by atoms with E-state index in [1.165, 1.54) is 28.9 Å². The van der Waals surface area contributed by atoms with Gasteiger partial charge in [0.2, 0.25) is 0 Å². The Labute approximate surface area is 103 Å². The summed E-state index contributed by atoms with van der Waals surface area (Å²) < 4.78 is 6.45. The summed E-state index contributed by atoms with van der Waals surface area (Å²) in [6.45, 7) is 4.37. The van der Waals surface area contributed by atoms with E-state index in [-0.39, 0.29) is 0 Å². The zero-order valence-electron chi connectivity index (χ0n) is 8.91. The Morgan fingerprint density at radius 3 is 3.20 bits per heavy atom. The Morgan fingerprint density at radius 2 is 2.53 bits per heavy atom. The van der Waals surface area contributed by atoms with Crippen LogP contribution in [-0.2, 0) is 11.3 Å². The topological polar surface area (TPSA) is 12.5 Å². The number of methoxy groups -OCH3 is 1. The van der Waals surface area contributed by atoms with Crippen molar-refractivity contribution in [2.45, 2.75) is 13.0 Å². The van der Waals surface area contributed by atoms with Crippen LogP contribution in [0.4, 0.5) is 0 Å². The van der Waals surface area contributed by atoms with Crippen molar-refractivity contribution in [3.8, 4) is 0 Å². The lowest BCUT2D eigenvalue weighted by Gasteiger charge is -2.14. The average molecular weight is 290 g/mol. The molecule has 0 bridgehead atoms. The van der Waals surface area contributed by atoms with Crippen LogP contribution in [0, 0.1) is 5.92 Å². The van der Waals surface area contributed by atoms with E-state index in [2.05, 4.69) is 32.3 Å². The molecule has 0 radical (unpaired) electrons. The molecule has 15 heavy (non-hydrogen) atoms. The Kier molecular flexibility index (Phi) is 4.20. The molecule has 0 N–H and O–H groups in total. The molecule has 1 fully saturated rings. The quantitative estimate of drug-likeness (QED) is 0.845. The van der Waals surface area contributed by atoms with Gasteiger partial charge in [-0.15, -0.1) is 11.3 Å². The van der Waals surface area contributed by atoms with E-state index in [4.69, 9.17) is 4.74 Å². The minimum Gasteiger partial charge on any atom is -0.384 e. The standard InChI is InChI=1S/C11H16BrNOS/c1-14-8-9-2-4-13(6-9)7-11-10(12)3-5-15-11/h3,5,9H,2,4,6-8H2,1H3. The van der Waals surface area contributed by atoms with Gasteiger partial charge in [-0.05, 0) is 46.3 Å². The van der Waals surface area contributed by atoms with Crippen LogP contribution < -0.4 is 0 Å². The summed E-state index contributed by atoms with van der Waals surface area (Å²) in [4.78, 5) is 3.95. The molecule has 2 heterocycles. The number of hydrogen-bond donors (Lipinski definition) is 0. The molecule has 1 aromatic rings. The number of ether oxygens (including phenoxy) is 1. The predicted molar refractivity (Wildman–Crippen MR) is 67.3 cm³/mol. The highest BCUT2D eigenvalue weighted by atomic mass is 79.9. The van der Waals surface area contributed by atoms with Gasteiger partial charge in [-0.25, -0.2) is 0 Å². The predicted octanol–water partition coefficient (Wildman–Crippen LogP) is 2.98. The van der Waals surface area contributed by atoms with Gasteiger partial charge in [0.15, 0.2) is 0 Å². The molecule has 1 unspecified atom stereocenters. The fourth-order valence-corrected chi connectivity index (χ4v) is 3.59. The summed E-state index contributed by atoms with van der Waals surface area (Å²) in [5, 5.41) is 2.14. The zero-order valence-corrected chi connectivity index (χ0v) is 11.3. The number of hydrogen-bond acceptors (Lipinski definition) is 3. The molecule has 1 aromatic heterocycles. The van der Waals surface area contributed by atoms with Crippen molar-refractivity contribution in [1.82, 2.24) is 4.90 Å². The van der Waals surface area contributed by atoms with E-state index in [1.54, 1.807) is 7.11 Å². The van der Waals surface area contributed by atoms with Crippen molar-refractivity contribution in [2.24, 2.45) is 5.92 Å². The van der Waals surface area contributed by atoms with Gasteiger partial charge < -0.3 is 4.74 Å². The molecule has 0 spiro atoms. The van der Waals surface area contributed by atoms with Crippen LogP contribution in [0.1, 0.15) is 11.3 Å². The molecule has 2 nitrogen and oxygen atoms in total. The summed E-state index contributed by atoms with van der Waals surface area (Å²) in [6.07, 6.45) is 1.27. The Bertz CT molecular complexity index is 315. The van der Waals surface area contributed by atoms with E-state index in [9.17, 15) is 0 Å². The summed E-state index contributed by atoms with van der Waals surface area (Å²) in [6, 6.07) is 2.13. The van der Waals surface area contributed by atoms with Crippen LogP contribution in [0.2, 0.25) is 0 Å². The number of rotatable bonds is 4. The maximum atomic E-state index is 5.20.